The summed E-state index contributed by atoms with van der Waals surface area (Å²) in [6.07, 6.45) is 0. The van der Waals surface area contributed by atoms with Gasteiger partial charge in [0.1, 0.15) is 0 Å². The third-order valence-electron chi connectivity index (χ3n) is 1.98. The van der Waals surface area contributed by atoms with Crippen LogP contribution < -0.4 is 5.32 Å². The van der Waals surface area contributed by atoms with Gasteiger partial charge in [-0.2, -0.15) is 13.8 Å². The molecule has 0 radical (unpaired) electrons. The number of thioether (sulfide) groups is 1. The van der Waals surface area contributed by atoms with E-state index in [0.717, 1.165) is 0 Å². The summed E-state index contributed by atoms with van der Waals surface area (Å²) in [6.45, 7) is 0. The van der Waals surface area contributed by atoms with Gasteiger partial charge in [-0.15, -0.1) is 10.2 Å². The van der Waals surface area contributed by atoms with Crippen LogP contribution in [0.1, 0.15) is 0 Å². The van der Waals surface area contributed by atoms with Crippen LogP contribution in [0.4, 0.5) is 20.3 Å². The Morgan fingerprint density at radius 1 is 1.16 bits per heavy atom. The van der Waals surface area contributed by atoms with Crippen molar-refractivity contribution in [1.29, 1.82) is 0 Å². The van der Waals surface area contributed by atoms with Gasteiger partial charge in [-0.25, -0.2) is 0 Å². The Balaban J connectivity index is 2.30. The van der Waals surface area contributed by atoms with Gasteiger partial charge in [0.15, 0.2) is 11.0 Å². The number of alkyl halides is 2. The van der Waals surface area contributed by atoms with Crippen molar-refractivity contribution < 1.29 is 8.78 Å². The Hall–Kier alpha value is -1.18. The van der Waals surface area contributed by atoms with E-state index in [9.17, 15) is 8.78 Å². The Bertz CT molecular complexity index is 585. The fourth-order valence-corrected chi connectivity index (χ4v) is 2.11. The van der Waals surface area contributed by atoms with E-state index >= 15 is 0 Å². The predicted octanol–water partition coefficient (Wildman–Crippen LogP) is 4.24. The monoisotopic (exact) mass is 322 g/mol. The van der Waals surface area contributed by atoms with E-state index < -0.39 is 5.76 Å². The van der Waals surface area contributed by atoms with Crippen molar-refractivity contribution in [1.82, 2.24) is 15.2 Å². The Morgan fingerprint density at radius 2 is 1.89 bits per heavy atom. The number of nitrogens with one attached hydrogen (secondary N) is 1. The third kappa shape index (κ3) is 3.89. The van der Waals surface area contributed by atoms with Gasteiger partial charge in [0.05, 0.1) is 5.69 Å². The summed E-state index contributed by atoms with van der Waals surface area (Å²) in [4.78, 5) is 4.20. The van der Waals surface area contributed by atoms with Crippen molar-refractivity contribution in [3.8, 4) is 0 Å². The molecule has 0 aliphatic carbocycles. The summed E-state index contributed by atoms with van der Waals surface area (Å²) < 4.78 is 24.9. The first-order chi connectivity index (χ1) is 9.06. The maximum atomic E-state index is 12.4. The molecule has 0 saturated carbocycles. The van der Waals surface area contributed by atoms with Crippen LogP contribution in [0.2, 0.25) is 10.4 Å². The average molecular weight is 323 g/mol. The molecule has 9 heteroatoms. The lowest BCUT2D eigenvalue weighted by molar-refractivity contribution is 0.252. The Kier molecular flexibility index (Phi) is 4.73. The van der Waals surface area contributed by atoms with Crippen LogP contribution in [0, 0.1) is 0 Å². The van der Waals surface area contributed by atoms with Crippen LogP contribution in [-0.2, 0) is 0 Å². The molecule has 0 bridgehead atoms. The molecule has 0 unspecified atom stereocenters. The number of anilines is 2. The number of aromatic nitrogens is 3. The molecule has 100 valence electrons. The second-order valence-corrected chi connectivity index (χ2v) is 4.95. The lowest BCUT2D eigenvalue weighted by atomic mass is 10.3. The van der Waals surface area contributed by atoms with Gasteiger partial charge >= 0.3 is 0 Å². The van der Waals surface area contributed by atoms with Gasteiger partial charge in [0.2, 0.25) is 5.28 Å². The van der Waals surface area contributed by atoms with Crippen LogP contribution >= 0.6 is 35.0 Å². The second kappa shape index (κ2) is 6.31. The van der Waals surface area contributed by atoms with Crippen molar-refractivity contribution in [3.05, 3.63) is 34.7 Å². The minimum Gasteiger partial charge on any atom is -0.337 e. The highest BCUT2D eigenvalue weighted by molar-refractivity contribution is 7.99. The number of hydrogen-bond acceptors (Lipinski definition) is 5. The standard InChI is InChI=1S/C10H6Cl2F2N4S/c11-7-8(16-9(12)18-17-7)15-5-3-1-2-4-6(5)19-10(13)14/h1-4,10H,(H,15,16,18). The SMILES string of the molecule is FC(F)Sc1ccccc1Nc1nc(Cl)nnc1Cl. The zero-order chi connectivity index (χ0) is 13.8. The fourth-order valence-electron chi connectivity index (χ4n) is 1.27. The van der Waals surface area contributed by atoms with Crippen LogP contribution in [0.5, 0.6) is 0 Å². The third-order valence-corrected chi connectivity index (χ3v) is 3.18. The van der Waals surface area contributed by atoms with Gasteiger partial charge < -0.3 is 5.32 Å². The number of para-hydroxylation sites is 1. The molecule has 0 atom stereocenters. The lowest BCUT2D eigenvalue weighted by Gasteiger charge is -2.10. The van der Waals surface area contributed by atoms with Gasteiger partial charge in [-0.1, -0.05) is 35.5 Å². The zero-order valence-electron chi connectivity index (χ0n) is 9.15. The fraction of sp³-hybridized carbons (Fsp3) is 0.100. The minimum atomic E-state index is -2.52. The van der Waals surface area contributed by atoms with E-state index in [0.29, 0.717) is 22.3 Å². The van der Waals surface area contributed by atoms with Crippen LogP contribution in [0.15, 0.2) is 29.2 Å². The smallest absolute Gasteiger partial charge is 0.288 e. The number of halogens is 4. The van der Waals surface area contributed by atoms with E-state index in [1.165, 1.54) is 0 Å². The first-order valence-electron chi connectivity index (χ1n) is 4.93. The van der Waals surface area contributed by atoms with Crippen molar-refractivity contribution in [2.24, 2.45) is 0 Å². The highest BCUT2D eigenvalue weighted by Gasteiger charge is 2.12. The van der Waals surface area contributed by atoms with Crippen molar-refractivity contribution in [2.75, 3.05) is 5.32 Å². The van der Waals surface area contributed by atoms with E-state index in [4.69, 9.17) is 23.2 Å². The normalized spacial score (nSPS) is 10.8. The highest BCUT2D eigenvalue weighted by Crippen LogP contribution is 2.33. The minimum absolute atomic E-state index is 0.00116. The molecule has 0 fully saturated rings. The molecule has 0 spiro atoms. The largest absolute Gasteiger partial charge is 0.337 e. The molecule has 1 heterocycles. The molecule has 1 N–H and O–H groups in total. The maximum Gasteiger partial charge on any atom is 0.288 e. The Morgan fingerprint density at radius 3 is 2.63 bits per heavy atom. The molecular formula is C10H6Cl2F2N4S. The molecule has 0 aliphatic rings. The van der Waals surface area contributed by atoms with E-state index in [2.05, 4.69) is 20.5 Å². The first kappa shape index (κ1) is 14.2. The molecular weight excluding hydrogens is 317 g/mol. The lowest BCUT2D eigenvalue weighted by Crippen LogP contribution is -2.00. The van der Waals surface area contributed by atoms with E-state index in [1.807, 2.05) is 0 Å². The molecule has 2 aromatic rings. The molecule has 1 aromatic heterocycles. The molecule has 0 amide bonds. The highest BCUT2D eigenvalue weighted by atomic mass is 35.5. The van der Waals surface area contributed by atoms with Crippen molar-refractivity contribution in [3.63, 3.8) is 0 Å². The summed E-state index contributed by atoms with van der Waals surface area (Å²) in [7, 11) is 0. The first-order valence-corrected chi connectivity index (χ1v) is 6.56. The van der Waals surface area contributed by atoms with Gasteiger partial charge in [-0.05, 0) is 23.7 Å². The molecule has 1 aromatic carbocycles. The molecule has 4 nitrogen and oxygen atoms in total. The average Bonchev–Trinajstić information content (AvgIpc) is 2.35. The maximum absolute atomic E-state index is 12.4. The van der Waals surface area contributed by atoms with Crippen LogP contribution in [0.3, 0.4) is 0 Å². The summed E-state index contributed by atoms with van der Waals surface area (Å²) in [5, 5.41) is 9.74. The zero-order valence-corrected chi connectivity index (χ0v) is 11.5. The summed E-state index contributed by atoms with van der Waals surface area (Å²) >= 11 is 11.8. The summed E-state index contributed by atoms with van der Waals surface area (Å²) in [6, 6.07) is 6.53. The van der Waals surface area contributed by atoms with E-state index in [1.54, 1.807) is 24.3 Å². The number of hydrogen-bond donors (Lipinski definition) is 1. The number of nitrogens with zero attached hydrogens (tertiary/aromatic N) is 3. The topological polar surface area (TPSA) is 50.7 Å². The number of benzene rings is 1. The molecule has 0 saturated heterocycles. The van der Waals surface area contributed by atoms with Crippen LogP contribution in [-0.4, -0.2) is 20.9 Å². The predicted molar refractivity (Wildman–Crippen MR) is 71.4 cm³/mol. The molecule has 0 aliphatic heterocycles. The quantitative estimate of drug-likeness (QED) is 0.853. The second-order valence-electron chi connectivity index (χ2n) is 3.22. The molecule has 2 rings (SSSR count). The summed E-state index contributed by atoms with van der Waals surface area (Å²) in [5.74, 6) is -2.37. The Labute approximate surface area is 121 Å². The number of rotatable bonds is 4. The van der Waals surface area contributed by atoms with E-state index in [-0.39, 0.29) is 16.3 Å². The van der Waals surface area contributed by atoms with Crippen molar-refractivity contribution >= 4 is 46.5 Å². The van der Waals surface area contributed by atoms with Gasteiger partial charge in [-0.3, -0.25) is 0 Å². The molecule has 19 heavy (non-hydrogen) atoms. The van der Waals surface area contributed by atoms with Crippen LogP contribution in [0.25, 0.3) is 0 Å². The van der Waals surface area contributed by atoms with Gasteiger partial charge in [0, 0.05) is 4.90 Å². The summed E-state index contributed by atoms with van der Waals surface area (Å²) in [5.41, 5.74) is 0.436. The van der Waals surface area contributed by atoms with Gasteiger partial charge in [0.25, 0.3) is 5.76 Å². The van der Waals surface area contributed by atoms with Crippen molar-refractivity contribution in [2.45, 2.75) is 10.7 Å².